The summed E-state index contributed by atoms with van der Waals surface area (Å²) in [5, 5.41) is 4.13. The van der Waals surface area contributed by atoms with Gasteiger partial charge in [-0.2, -0.15) is 5.10 Å². The van der Waals surface area contributed by atoms with E-state index >= 15 is 0 Å². The molecule has 0 atom stereocenters. The number of methoxy groups -OCH3 is 1. The minimum Gasteiger partial charge on any atom is -0.497 e. The quantitative estimate of drug-likeness (QED) is 0.417. The van der Waals surface area contributed by atoms with Crippen LogP contribution in [0.15, 0.2) is 88.9 Å². The Kier molecular flexibility index (Phi) is 7.27. The Hall–Kier alpha value is -3.65. The van der Waals surface area contributed by atoms with Crippen molar-refractivity contribution in [3.63, 3.8) is 0 Å². The summed E-state index contributed by atoms with van der Waals surface area (Å²) in [6, 6.07) is 22.3. The third-order valence-corrected chi connectivity index (χ3v) is 6.63. The Balaban J connectivity index is 1.85. The zero-order valence-electron chi connectivity index (χ0n) is 18.1. The minimum absolute atomic E-state index is 0.106. The molecule has 32 heavy (non-hydrogen) atoms. The molecule has 7 nitrogen and oxygen atoms in total. The van der Waals surface area contributed by atoms with Gasteiger partial charge in [-0.15, -0.1) is 0 Å². The molecule has 3 aromatic rings. The van der Waals surface area contributed by atoms with Crippen molar-refractivity contribution >= 4 is 27.3 Å². The van der Waals surface area contributed by atoms with Crippen molar-refractivity contribution in [1.82, 2.24) is 5.43 Å². The lowest BCUT2D eigenvalue weighted by Crippen LogP contribution is -2.40. The van der Waals surface area contributed by atoms with Crippen LogP contribution in [0.4, 0.5) is 5.69 Å². The molecule has 1 amide bonds. The van der Waals surface area contributed by atoms with E-state index < -0.39 is 22.5 Å². The lowest BCUT2D eigenvalue weighted by Gasteiger charge is -2.25. The van der Waals surface area contributed by atoms with Gasteiger partial charge in [0.15, 0.2) is 0 Å². The van der Waals surface area contributed by atoms with Gasteiger partial charge in [0.05, 0.1) is 23.4 Å². The predicted octanol–water partition coefficient (Wildman–Crippen LogP) is 3.74. The van der Waals surface area contributed by atoms with E-state index in [4.69, 9.17) is 4.74 Å². The molecule has 166 valence electrons. The number of aryl methyl sites for hydroxylation is 1. The van der Waals surface area contributed by atoms with Gasteiger partial charge >= 0.3 is 0 Å². The normalized spacial score (nSPS) is 11.7. The number of sulfonamides is 1. The number of hydrazone groups is 1. The summed E-state index contributed by atoms with van der Waals surface area (Å²) >= 11 is 0. The van der Waals surface area contributed by atoms with Gasteiger partial charge in [0.2, 0.25) is 0 Å². The summed E-state index contributed by atoms with van der Waals surface area (Å²) in [4.78, 5) is 12.8. The summed E-state index contributed by atoms with van der Waals surface area (Å²) in [7, 11) is -2.38. The minimum atomic E-state index is -3.96. The lowest BCUT2D eigenvalue weighted by atomic mass is 10.1. The Morgan fingerprint density at radius 1 is 0.969 bits per heavy atom. The molecule has 8 heteroatoms. The van der Waals surface area contributed by atoms with Crippen LogP contribution in [0.5, 0.6) is 5.75 Å². The average molecular weight is 452 g/mol. The number of anilines is 1. The first-order valence-electron chi connectivity index (χ1n) is 9.94. The van der Waals surface area contributed by atoms with Gasteiger partial charge in [-0.25, -0.2) is 13.8 Å². The first kappa shape index (κ1) is 23.0. The van der Waals surface area contributed by atoms with E-state index in [2.05, 4.69) is 10.5 Å². The number of hydrogen-bond acceptors (Lipinski definition) is 5. The van der Waals surface area contributed by atoms with E-state index in [1.54, 1.807) is 69.5 Å². The van der Waals surface area contributed by atoms with Crippen molar-refractivity contribution in [1.29, 1.82) is 0 Å². The number of amides is 1. The maximum absolute atomic E-state index is 13.3. The second-order valence-corrected chi connectivity index (χ2v) is 8.93. The van der Waals surface area contributed by atoms with E-state index in [1.165, 1.54) is 12.1 Å². The van der Waals surface area contributed by atoms with Gasteiger partial charge < -0.3 is 4.74 Å². The van der Waals surface area contributed by atoms with Crippen LogP contribution in [-0.2, 0) is 14.8 Å². The summed E-state index contributed by atoms with van der Waals surface area (Å²) in [6.07, 6.45) is 0. The number of hydrogen-bond donors (Lipinski definition) is 1. The van der Waals surface area contributed by atoms with Crippen LogP contribution in [-0.4, -0.2) is 33.7 Å². The SMILES string of the molecule is COc1ccc(/C(C)=N/NC(=O)CN(c2ccccc2C)S(=O)(=O)c2ccccc2)cc1. The number of benzene rings is 3. The molecule has 1 N–H and O–H groups in total. The zero-order chi connectivity index (χ0) is 23.1. The molecule has 0 unspecified atom stereocenters. The Labute approximate surface area is 188 Å². The molecule has 0 aromatic heterocycles. The highest BCUT2D eigenvalue weighted by molar-refractivity contribution is 7.92. The van der Waals surface area contributed by atoms with Crippen LogP contribution in [0.3, 0.4) is 0 Å². The first-order valence-corrected chi connectivity index (χ1v) is 11.4. The highest BCUT2D eigenvalue weighted by Gasteiger charge is 2.28. The summed E-state index contributed by atoms with van der Waals surface area (Å²) in [5.74, 6) is 0.159. The van der Waals surface area contributed by atoms with E-state index in [0.717, 1.165) is 15.4 Å². The van der Waals surface area contributed by atoms with E-state index in [0.29, 0.717) is 17.1 Å². The highest BCUT2D eigenvalue weighted by Crippen LogP contribution is 2.26. The molecule has 0 aliphatic rings. The molecule has 0 radical (unpaired) electrons. The van der Waals surface area contributed by atoms with Crippen molar-refractivity contribution in [2.45, 2.75) is 18.7 Å². The molecule has 0 fully saturated rings. The molecule has 0 saturated heterocycles. The van der Waals surface area contributed by atoms with Crippen LogP contribution in [0.25, 0.3) is 0 Å². The van der Waals surface area contributed by atoms with Crippen molar-refractivity contribution in [3.05, 3.63) is 90.0 Å². The fraction of sp³-hybridized carbons (Fsp3) is 0.167. The van der Waals surface area contributed by atoms with Crippen molar-refractivity contribution in [3.8, 4) is 5.75 Å². The van der Waals surface area contributed by atoms with Crippen LogP contribution in [0, 0.1) is 6.92 Å². The fourth-order valence-electron chi connectivity index (χ4n) is 3.07. The summed E-state index contributed by atoms with van der Waals surface area (Å²) in [6.45, 7) is 3.14. The number of nitrogens with one attached hydrogen (secondary N) is 1. The smallest absolute Gasteiger partial charge is 0.264 e. The van der Waals surface area contributed by atoms with Gasteiger partial charge in [-0.3, -0.25) is 9.10 Å². The Bertz CT molecular complexity index is 1210. The molecule has 0 saturated carbocycles. The number of carbonyl (C=O) groups excluding carboxylic acids is 1. The standard InChI is InChI=1S/C24H25N3O4S/c1-18-9-7-8-12-23(18)27(32(29,30)22-10-5-4-6-11-22)17-24(28)26-25-19(2)20-13-15-21(31-3)16-14-20/h4-16H,17H2,1-3H3,(H,26,28)/b25-19+. The number of nitrogens with zero attached hydrogens (tertiary/aromatic N) is 2. The van der Waals surface area contributed by atoms with E-state index in [9.17, 15) is 13.2 Å². The van der Waals surface area contributed by atoms with Crippen molar-refractivity contribution in [2.24, 2.45) is 5.10 Å². The highest BCUT2D eigenvalue weighted by atomic mass is 32.2. The van der Waals surface area contributed by atoms with Crippen LogP contribution < -0.4 is 14.5 Å². The van der Waals surface area contributed by atoms with Gasteiger partial charge in [-0.05, 0) is 67.4 Å². The Morgan fingerprint density at radius 3 is 2.22 bits per heavy atom. The zero-order valence-corrected chi connectivity index (χ0v) is 19.0. The number of para-hydroxylation sites is 1. The lowest BCUT2D eigenvalue weighted by molar-refractivity contribution is -0.119. The number of carbonyl (C=O) groups is 1. The molecule has 0 heterocycles. The maximum Gasteiger partial charge on any atom is 0.264 e. The maximum atomic E-state index is 13.3. The van der Waals surface area contributed by atoms with Crippen molar-refractivity contribution in [2.75, 3.05) is 18.0 Å². The second-order valence-electron chi connectivity index (χ2n) is 7.07. The number of ether oxygens (including phenoxy) is 1. The third-order valence-electron chi connectivity index (χ3n) is 4.86. The van der Waals surface area contributed by atoms with Gasteiger partial charge in [0.1, 0.15) is 12.3 Å². The summed E-state index contributed by atoms with van der Waals surface area (Å²) < 4.78 is 32.9. The monoisotopic (exact) mass is 451 g/mol. The second kappa shape index (κ2) is 10.1. The van der Waals surface area contributed by atoms with Crippen LogP contribution in [0.1, 0.15) is 18.1 Å². The van der Waals surface area contributed by atoms with Gasteiger partial charge in [0, 0.05) is 0 Å². The topological polar surface area (TPSA) is 88.1 Å². The predicted molar refractivity (Wildman–Crippen MR) is 126 cm³/mol. The van der Waals surface area contributed by atoms with Crippen LogP contribution in [0.2, 0.25) is 0 Å². The first-order chi connectivity index (χ1) is 15.3. The van der Waals surface area contributed by atoms with Crippen molar-refractivity contribution < 1.29 is 17.9 Å². The Morgan fingerprint density at radius 2 is 1.59 bits per heavy atom. The molecule has 0 aliphatic carbocycles. The molecule has 3 aromatic carbocycles. The third kappa shape index (κ3) is 5.33. The average Bonchev–Trinajstić information content (AvgIpc) is 2.82. The molecule has 3 rings (SSSR count). The molecule has 0 bridgehead atoms. The van der Waals surface area contributed by atoms with E-state index in [1.807, 2.05) is 18.2 Å². The van der Waals surface area contributed by atoms with Crippen LogP contribution >= 0.6 is 0 Å². The van der Waals surface area contributed by atoms with Gasteiger partial charge in [0.25, 0.3) is 15.9 Å². The van der Waals surface area contributed by atoms with E-state index in [-0.39, 0.29) is 4.90 Å². The van der Waals surface area contributed by atoms with Gasteiger partial charge in [-0.1, -0.05) is 36.4 Å². The largest absolute Gasteiger partial charge is 0.497 e. The number of rotatable bonds is 8. The molecular formula is C24H25N3O4S. The molecule has 0 aliphatic heterocycles. The summed E-state index contributed by atoms with van der Waals surface area (Å²) in [5.41, 5.74) is 5.01. The molecule has 0 spiro atoms. The fourth-order valence-corrected chi connectivity index (χ4v) is 4.58. The molecular weight excluding hydrogens is 426 g/mol.